The third-order valence-corrected chi connectivity index (χ3v) is 2.71. The van der Waals surface area contributed by atoms with Crippen LogP contribution in [0.5, 0.6) is 0 Å². The summed E-state index contributed by atoms with van der Waals surface area (Å²) in [6.45, 7) is 0. The summed E-state index contributed by atoms with van der Waals surface area (Å²) >= 11 is 0. The van der Waals surface area contributed by atoms with Gasteiger partial charge in [-0.25, -0.2) is 4.79 Å². The molecule has 16 heavy (non-hydrogen) atoms. The van der Waals surface area contributed by atoms with Crippen molar-refractivity contribution >= 4 is 17.7 Å². The molecule has 88 valence electrons. The summed E-state index contributed by atoms with van der Waals surface area (Å²) in [5, 5.41) is 8.38. The van der Waals surface area contributed by atoms with Crippen LogP contribution in [-0.2, 0) is 14.4 Å². The monoisotopic (exact) mass is 225 g/mol. The lowest BCUT2D eigenvalue weighted by molar-refractivity contribution is -0.136. The molecule has 1 fully saturated rings. The second kappa shape index (κ2) is 5.44. The van der Waals surface area contributed by atoms with Crippen molar-refractivity contribution in [3.63, 3.8) is 0 Å². The number of carboxylic acids is 1. The Morgan fingerprint density at radius 3 is 2.62 bits per heavy atom. The first-order chi connectivity index (χ1) is 7.52. The topological polar surface area (TPSA) is 74.7 Å². The Morgan fingerprint density at radius 2 is 2.06 bits per heavy atom. The van der Waals surface area contributed by atoms with Gasteiger partial charge in [-0.1, -0.05) is 6.42 Å². The second-order valence-corrected chi connectivity index (χ2v) is 3.85. The van der Waals surface area contributed by atoms with E-state index < -0.39 is 11.9 Å². The predicted molar refractivity (Wildman–Crippen MR) is 56.8 cm³/mol. The van der Waals surface area contributed by atoms with E-state index in [1.807, 2.05) is 0 Å². The van der Waals surface area contributed by atoms with Crippen molar-refractivity contribution in [1.29, 1.82) is 0 Å². The predicted octanol–water partition coefficient (Wildman–Crippen LogP) is 0.597. The average molecular weight is 225 g/mol. The van der Waals surface area contributed by atoms with Gasteiger partial charge in [-0.15, -0.1) is 0 Å². The summed E-state index contributed by atoms with van der Waals surface area (Å²) in [5.41, 5.74) is 0. The van der Waals surface area contributed by atoms with Gasteiger partial charge in [0, 0.05) is 25.6 Å². The molecule has 1 aliphatic carbocycles. The van der Waals surface area contributed by atoms with Crippen molar-refractivity contribution in [2.75, 3.05) is 7.05 Å². The summed E-state index contributed by atoms with van der Waals surface area (Å²) in [5.74, 6) is -1.55. The number of nitrogens with zero attached hydrogens (tertiary/aromatic N) is 1. The molecule has 0 aromatic carbocycles. The Morgan fingerprint density at radius 1 is 1.38 bits per heavy atom. The molecule has 0 saturated heterocycles. The highest BCUT2D eigenvalue weighted by molar-refractivity contribution is 5.97. The van der Waals surface area contributed by atoms with E-state index in [0.717, 1.165) is 25.0 Å². The molecule has 5 heteroatoms. The standard InChI is InChI=1S/C11H15NO4/c1-12(10(14)6-7-11(15)16)8-4-2-3-5-9(8)13/h6-8H,2-5H2,1H3,(H,15,16)/b7-6-. The van der Waals surface area contributed by atoms with Crippen LogP contribution in [0.25, 0.3) is 0 Å². The molecular weight excluding hydrogens is 210 g/mol. The fourth-order valence-corrected chi connectivity index (χ4v) is 1.79. The van der Waals surface area contributed by atoms with Crippen molar-refractivity contribution in [2.45, 2.75) is 31.7 Å². The van der Waals surface area contributed by atoms with Crippen LogP contribution in [0.3, 0.4) is 0 Å². The largest absolute Gasteiger partial charge is 0.478 e. The molecule has 0 spiro atoms. The molecular formula is C11H15NO4. The maximum Gasteiger partial charge on any atom is 0.328 e. The van der Waals surface area contributed by atoms with Gasteiger partial charge in [0.25, 0.3) is 0 Å². The zero-order valence-electron chi connectivity index (χ0n) is 9.18. The molecule has 0 aromatic rings. The number of aliphatic carboxylic acids is 1. The number of rotatable bonds is 3. The normalized spacial score (nSPS) is 21.1. The first-order valence-corrected chi connectivity index (χ1v) is 5.23. The van der Waals surface area contributed by atoms with E-state index in [0.29, 0.717) is 12.8 Å². The van der Waals surface area contributed by atoms with Crippen LogP contribution < -0.4 is 0 Å². The van der Waals surface area contributed by atoms with E-state index in [1.165, 1.54) is 11.9 Å². The van der Waals surface area contributed by atoms with Crippen molar-refractivity contribution in [3.05, 3.63) is 12.2 Å². The van der Waals surface area contributed by atoms with Gasteiger partial charge in [-0.3, -0.25) is 9.59 Å². The number of ketones is 1. The molecule has 5 nitrogen and oxygen atoms in total. The smallest absolute Gasteiger partial charge is 0.328 e. The third-order valence-electron chi connectivity index (χ3n) is 2.71. The highest BCUT2D eigenvalue weighted by Gasteiger charge is 2.27. The number of Topliss-reactive ketones (excluding diaryl/α,β-unsaturated/α-hetero) is 1. The van der Waals surface area contributed by atoms with Gasteiger partial charge in [0.1, 0.15) is 0 Å². The van der Waals surface area contributed by atoms with Crippen LogP contribution in [-0.4, -0.2) is 40.8 Å². The van der Waals surface area contributed by atoms with Crippen LogP contribution >= 0.6 is 0 Å². The minimum absolute atomic E-state index is 0.0609. The summed E-state index contributed by atoms with van der Waals surface area (Å²) in [7, 11) is 1.53. The lowest BCUT2D eigenvalue weighted by Crippen LogP contribution is -2.43. The summed E-state index contributed by atoms with van der Waals surface area (Å²) < 4.78 is 0. The van der Waals surface area contributed by atoms with E-state index in [4.69, 9.17) is 5.11 Å². The van der Waals surface area contributed by atoms with Gasteiger partial charge in [-0.05, 0) is 12.8 Å². The Labute approximate surface area is 93.7 Å². The average Bonchev–Trinajstić information content (AvgIpc) is 2.25. The molecule has 0 radical (unpaired) electrons. The number of hydrogen-bond acceptors (Lipinski definition) is 3. The number of amides is 1. The highest BCUT2D eigenvalue weighted by atomic mass is 16.4. The summed E-state index contributed by atoms with van der Waals surface area (Å²) in [6.07, 6.45) is 4.74. The van der Waals surface area contributed by atoms with Gasteiger partial charge in [0.05, 0.1) is 6.04 Å². The van der Waals surface area contributed by atoms with Gasteiger partial charge in [0.2, 0.25) is 5.91 Å². The number of hydrogen-bond donors (Lipinski definition) is 1. The van der Waals surface area contributed by atoms with Gasteiger partial charge in [-0.2, -0.15) is 0 Å². The number of carbonyl (C=O) groups excluding carboxylic acids is 2. The minimum Gasteiger partial charge on any atom is -0.478 e. The van der Waals surface area contributed by atoms with Crippen molar-refractivity contribution < 1.29 is 19.5 Å². The van der Waals surface area contributed by atoms with Crippen LogP contribution in [0.2, 0.25) is 0 Å². The molecule has 1 rings (SSSR count). The van der Waals surface area contributed by atoms with E-state index in [9.17, 15) is 14.4 Å². The number of likely N-dealkylation sites (N-methyl/N-ethyl adjacent to an activating group) is 1. The Kier molecular flexibility index (Phi) is 4.22. The Hall–Kier alpha value is -1.65. The van der Waals surface area contributed by atoms with Crippen molar-refractivity contribution in [1.82, 2.24) is 4.90 Å². The first kappa shape index (κ1) is 12.4. The molecule has 1 amide bonds. The molecule has 1 N–H and O–H groups in total. The van der Waals surface area contributed by atoms with Gasteiger partial charge < -0.3 is 10.0 Å². The van der Waals surface area contributed by atoms with Gasteiger partial charge >= 0.3 is 5.97 Å². The Balaban J connectivity index is 2.62. The number of carboxylic acid groups (broad SMARTS) is 1. The zero-order chi connectivity index (χ0) is 12.1. The van der Waals surface area contributed by atoms with Crippen molar-refractivity contribution in [2.24, 2.45) is 0 Å². The zero-order valence-corrected chi connectivity index (χ0v) is 9.18. The fraction of sp³-hybridized carbons (Fsp3) is 0.545. The van der Waals surface area contributed by atoms with Crippen LogP contribution in [0.15, 0.2) is 12.2 Å². The molecule has 1 aliphatic rings. The van der Waals surface area contributed by atoms with E-state index in [-0.39, 0.29) is 11.8 Å². The minimum atomic E-state index is -1.17. The molecule has 1 atom stereocenters. The van der Waals surface area contributed by atoms with Crippen LogP contribution in [0, 0.1) is 0 Å². The first-order valence-electron chi connectivity index (χ1n) is 5.23. The highest BCUT2D eigenvalue weighted by Crippen LogP contribution is 2.18. The van der Waals surface area contributed by atoms with E-state index >= 15 is 0 Å². The van der Waals surface area contributed by atoms with E-state index in [1.54, 1.807) is 0 Å². The fourth-order valence-electron chi connectivity index (χ4n) is 1.79. The number of carbonyl (C=O) groups is 3. The quantitative estimate of drug-likeness (QED) is 0.713. The lowest BCUT2D eigenvalue weighted by atomic mass is 9.93. The molecule has 0 aliphatic heterocycles. The SMILES string of the molecule is CN(C(=O)/C=C\C(=O)O)C1CCCCC1=O. The Bertz CT molecular complexity index is 335. The lowest BCUT2D eigenvalue weighted by Gasteiger charge is -2.29. The molecule has 0 bridgehead atoms. The maximum atomic E-state index is 11.5. The molecule has 1 saturated carbocycles. The van der Waals surface area contributed by atoms with E-state index in [2.05, 4.69) is 0 Å². The van der Waals surface area contributed by atoms with Gasteiger partial charge in [0.15, 0.2) is 5.78 Å². The second-order valence-electron chi connectivity index (χ2n) is 3.85. The maximum absolute atomic E-state index is 11.5. The van der Waals surface area contributed by atoms with Crippen LogP contribution in [0.1, 0.15) is 25.7 Å². The van der Waals surface area contributed by atoms with Crippen molar-refractivity contribution in [3.8, 4) is 0 Å². The molecule has 1 unspecified atom stereocenters. The van der Waals surface area contributed by atoms with Crippen LogP contribution in [0.4, 0.5) is 0 Å². The molecule has 0 heterocycles. The molecule has 0 aromatic heterocycles. The summed E-state index contributed by atoms with van der Waals surface area (Å²) in [4.78, 5) is 34.6. The summed E-state index contributed by atoms with van der Waals surface area (Å²) in [6, 6.07) is -0.389. The third kappa shape index (κ3) is 3.18.